The Labute approximate surface area is 115 Å². The van der Waals surface area contributed by atoms with Crippen LogP contribution in [0, 0.1) is 11.8 Å². The van der Waals surface area contributed by atoms with Crippen molar-refractivity contribution in [3.63, 3.8) is 0 Å². The van der Waals surface area contributed by atoms with Crippen molar-refractivity contribution in [3.05, 3.63) is 36.4 Å². The zero-order chi connectivity index (χ0) is 13.8. The van der Waals surface area contributed by atoms with Gasteiger partial charge in [-0.25, -0.2) is 0 Å². The molecule has 0 spiro atoms. The molecule has 3 fully saturated rings. The van der Waals surface area contributed by atoms with Crippen LogP contribution in [0.3, 0.4) is 0 Å². The van der Waals surface area contributed by atoms with Crippen LogP contribution in [0.25, 0.3) is 0 Å². The number of rotatable bonds is 3. The standard InChI is InChI=1S/C10H17NO2.C6H6/c1-6(2)9(10(12)13)11-5-7-3-8(11)4-7;1-2-4-6-5-3-1/h6-9H,3-5H2,1-2H3,(H,12,13);1-6H. The fraction of sp³-hybridized carbons (Fsp3) is 0.562. The second-order valence-electron chi connectivity index (χ2n) is 5.87. The van der Waals surface area contributed by atoms with Gasteiger partial charge in [-0.3, -0.25) is 9.69 Å². The zero-order valence-corrected chi connectivity index (χ0v) is 11.7. The Morgan fingerprint density at radius 1 is 1.11 bits per heavy atom. The highest BCUT2D eigenvalue weighted by Crippen LogP contribution is 2.42. The summed E-state index contributed by atoms with van der Waals surface area (Å²) in [6.07, 6.45) is 2.47. The molecule has 2 bridgehead atoms. The number of benzene rings is 1. The van der Waals surface area contributed by atoms with Crippen molar-refractivity contribution < 1.29 is 9.90 Å². The quantitative estimate of drug-likeness (QED) is 0.909. The van der Waals surface area contributed by atoms with Gasteiger partial charge in [0.1, 0.15) is 6.04 Å². The minimum absolute atomic E-state index is 0.219. The number of hydrogen-bond donors (Lipinski definition) is 1. The summed E-state index contributed by atoms with van der Waals surface area (Å²) in [6, 6.07) is 12.3. The third-order valence-corrected chi connectivity index (χ3v) is 4.06. The lowest BCUT2D eigenvalue weighted by molar-refractivity contribution is -0.145. The van der Waals surface area contributed by atoms with E-state index in [1.165, 1.54) is 12.8 Å². The van der Waals surface area contributed by atoms with Gasteiger partial charge >= 0.3 is 5.97 Å². The number of carboxylic acid groups (broad SMARTS) is 1. The van der Waals surface area contributed by atoms with Crippen molar-refractivity contribution in [3.8, 4) is 0 Å². The summed E-state index contributed by atoms with van der Waals surface area (Å²) < 4.78 is 0. The van der Waals surface area contributed by atoms with E-state index in [4.69, 9.17) is 5.11 Å². The lowest BCUT2D eigenvalue weighted by Gasteiger charge is -2.32. The van der Waals surface area contributed by atoms with Crippen LogP contribution < -0.4 is 0 Å². The van der Waals surface area contributed by atoms with Crippen molar-refractivity contribution in [1.29, 1.82) is 0 Å². The third-order valence-electron chi connectivity index (χ3n) is 4.06. The Balaban J connectivity index is 0.000000186. The maximum Gasteiger partial charge on any atom is 0.321 e. The highest BCUT2D eigenvalue weighted by Gasteiger charge is 2.47. The van der Waals surface area contributed by atoms with E-state index in [9.17, 15) is 4.79 Å². The van der Waals surface area contributed by atoms with Gasteiger partial charge in [0, 0.05) is 12.6 Å². The minimum Gasteiger partial charge on any atom is -0.480 e. The van der Waals surface area contributed by atoms with E-state index in [0.717, 1.165) is 12.5 Å². The normalized spacial score (nSPS) is 26.3. The number of carbonyl (C=O) groups is 1. The molecule has 1 aromatic carbocycles. The largest absolute Gasteiger partial charge is 0.480 e. The lowest BCUT2D eigenvalue weighted by atomic mass is 9.86. The number of nitrogens with zero attached hydrogens (tertiary/aromatic N) is 1. The summed E-state index contributed by atoms with van der Waals surface area (Å²) in [6.45, 7) is 5.00. The number of carboxylic acids is 1. The van der Waals surface area contributed by atoms with Crippen LogP contribution >= 0.6 is 0 Å². The molecule has 4 rings (SSSR count). The summed E-state index contributed by atoms with van der Waals surface area (Å²) in [7, 11) is 0. The van der Waals surface area contributed by atoms with E-state index in [0.29, 0.717) is 6.04 Å². The second-order valence-corrected chi connectivity index (χ2v) is 5.87. The third kappa shape index (κ3) is 3.35. The molecular formula is C16H23NO2. The molecule has 19 heavy (non-hydrogen) atoms. The first kappa shape index (κ1) is 14.1. The molecule has 1 saturated carbocycles. The lowest BCUT2D eigenvalue weighted by Crippen LogP contribution is -2.45. The molecular weight excluding hydrogens is 238 g/mol. The minimum atomic E-state index is -0.650. The summed E-state index contributed by atoms with van der Waals surface area (Å²) in [5.41, 5.74) is 0. The first-order valence-corrected chi connectivity index (χ1v) is 7.08. The Morgan fingerprint density at radius 2 is 1.58 bits per heavy atom. The first-order valence-electron chi connectivity index (χ1n) is 7.08. The Morgan fingerprint density at radius 3 is 1.84 bits per heavy atom. The highest BCUT2D eigenvalue weighted by molar-refractivity contribution is 5.74. The molecule has 0 amide bonds. The number of aliphatic carboxylic acids is 1. The van der Waals surface area contributed by atoms with Gasteiger partial charge in [0.05, 0.1) is 0 Å². The first-order chi connectivity index (χ1) is 9.09. The van der Waals surface area contributed by atoms with E-state index in [1.807, 2.05) is 50.2 Å². The van der Waals surface area contributed by atoms with Crippen molar-refractivity contribution in [1.82, 2.24) is 4.90 Å². The second kappa shape index (κ2) is 6.20. The van der Waals surface area contributed by atoms with Gasteiger partial charge in [0.15, 0.2) is 0 Å². The Hall–Kier alpha value is -1.35. The molecule has 0 radical (unpaired) electrons. The number of hydrogen-bond acceptors (Lipinski definition) is 2. The predicted molar refractivity (Wildman–Crippen MR) is 75.9 cm³/mol. The van der Waals surface area contributed by atoms with Gasteiger partial charge in [-0.15, -0.1) is 0 Å². The van der Waals surface area contributed by atoms with Crippen molar-refractivity contribution in [2.45, 2.75) is 38.8 Å². The molecule has 1 unspecified atom stereocenters. The number of fused-ring (bicyclic) bond motifs is 1. The summed E-state index contributed by atoms with van der Waals surface area (Å²) in [5.74, 6) is 0.366. The van der Waals surface area contributed by atoms with E-state index >= 15 is 0 Å². The molecule has 0 aromatic heterocycles. The molecule has 2 heterocycles. The van der Waals surface area contributed by atoms with Gasteiger partial charge < -0.3 is 5.11 Å². The van der Waals surface area contributed by atoms with Crippen LogP contribution in [-0.2, 0) is 4.79 Å². The van der Waals surface area contributed by atoms with Gasteiger partial charge in [0.2, 0.25) is 0 Å². The highest BCUT2D eigenvalue weighted by atomic mass is 16.4. The molecule has 3 heteroatoms. The van der Waals surface area contributed by atoms with Crippen molar-refractivity contribution in [2.24, 2.45) is 11.8 Å². The molecule has 1 N–H and O–H groups in total. The summed E-state index contributed by atoms with van der Waals surface area (Å²) >= 11 is 0. The van der Waals surface area contributed by atoms with Gasteiger partial charge in [-0.2, -0.15) is 0 Å². The maximum atomic E-state index is 11.1. The van der Waals surface area contributed by atoms with Crippen LogP contribution in [0.15, 0.2) is 36.4 Å². The summed E-state index contributed by atoms with van der Waals surface area (Å²) in [5, 5.41) is 9.10. The monoisotopic (exact) mass is 261 g/mol. The van der Waals surface area contributed by atoms with Crippen LogP contribution in [0.2, 0.25) is 0 Å². The van der Waals surface area contributed by atoms with Crippen LogP contribution in [-0.4, -0.2) is 34.6 Å². The molecule has 2 aliphatic heterocycles. The van der Waals surface area contributed by atoms with Gasteiger partial charge in [0.25, 0.3) is 0 Å². The molecule has 1 aromatic rings. The van der Waals surface area contributed by atoms with Crippen LogP contribution in [0.1, 0.15) is 26.7 Å². The smallest absolute Gasteiger partial charge is 0.321 e. The van der Waals surface area contributed by atoms with Gasteiger partial charge in [-0.1, -0.05) is 50.2 Å². The molecule has 1 atom stereocenters. The molecule has 104 valence electrons. The van der Waals surface area contributed by atoms with Gasteiger partial charge in [-0.05, 0) is 24.7 Å². The molecule has 3 aliphatic rings. The zero-order valence-electron chi connectivity index (χ0n) is 11.7. The Kier molecular flexibility index (Phi) is 4.59. The Bertz CT molecular complexity index is 372. The average molecular weight is 261 g/mol. The SMILES string of the molecule is CC(C)C(C(=O)O)N1CC2CC1C2.c1ccccc1. The topological polar surface area (TPSA) is 40.5 Å². The van der Waals surface area contributed by atoms with E-state index in [2.05, 4.69) is 4.90 Å². The van der Waals surface area contributed by atoms with E-state index in [1.54, 1.807) is 0 Å². The fourth-order valence-corrected chi connectivity index (χ4v) is 3.10. The molecule has 2 saturated heterocycles. The summed E-state index contributed by atoms with van der Waals surface area (Å²) in [4.78, 5) is 13.2. The average Bonchev–Trinajstić information content (AvgIpc) is 2.90. The van der Waals surface area contributed by atoms with Crippen LogP contribution in [0.5, 0.6) is 0 Å². The van der Waals surface area contributed by atoms with Crippen molar-refractivity contribution >= 4 is 5.97 Å². The van der Waals surface area contributed by atoms with E-state index < -0.39 is 5.97 Å². The maximum absolute atomic E-state index is 11.1. The molecule has 3 nitrogen and oxygen atoms in total. The van der Waals surface area contributed by atoms with Crippen LogP contribution in [0.4, 0.5) is 0 Å². The van der Waals surface area contributed by atoms with E-state index in [-0.39, 0.29) is 12.0 Å². The predicted octanol–water partition coefficient (Wildman–Crippen LogP) is 2.88. The van der Waals surface area contributed by atoms with Crippen molar-refractivity contribution in [2.75, 3.05) is 6.54 Å². The molecule has 1 aliphatic carbocycles. The fourth-order valence-electron chi connectivity index (χ4n) is 3.10.